The summed E-state index contributed by atoms with van der Waals surface area (Å²) in [5, 5.41) is 21.9. The molecule has 6 heterocycles. The number of pyridine rings is 2. The Kier molecular flexibility index (Phi) is 9.52. The average Bonchev–Trinajstić information content (AvgIpc) is 3.68. The van der Waals surface area contributed by atoms with Crippen LogP contribution < -0.4 is 10.6 Å². The van der Waals surface area contributed by atoms with Crippen molar-refractivity contribution in [2.45, 2.75) is 76.0 Å². The van der Waals surface area contributed by atoms with Gasteiger partial charge in [-0.1, -0.05) is 61.7 Å². The van der Waals surface area contributed by atoms with Gasteiger partial charge >= 0.3 is 0 Å². The SMILES string of the molecule is Fc1cnc2n[nH]c(Nc3cc(Cl)nc(C4CCCCC4)n3)c2c1.Fc1cnc2n[nH]c(Nc3cc(Cl)nc(C4CCCCC4)n3)c2c1. The van der Waals surface area contributed by atoms with Gasteiger partial charge < -0.3 is 10.6 Å². The van der Waals surface area contributed by atoms with Gasteiger partial charge in [-0.15, -0.1) is 0 Å². The first kappa shape index (κ1) is 32.0. The second-order valence-electron chi connectivity index (χ2n) is 12.0. The Balaban J connectivity index is 0.000000152. The lowest BCUT2D eigenvalue weighted by atomic mass is 9.89. The fraction of sp³-hybridized carbons (Fsp3) is 0.375. The topological polar surface area (TPSA) is 159 Å². The molecule has 2 saturated carbocycles. The molecule has 0 amide bonds. The second kappa shape index (κ2) is 14.3. The number of H-pyrrole nitrogens is 2. The van der Waals surface area contributed by atoms with Gasteiger partial charge in [0, 0.05) is 24.0 Å². The van der Waals surface area contributed by atoms with E-state index in [4.69, 9.17) is 23.2 Å². The molecule has 0 radical (unpaired) electrons. The quantitative estimate of drug-likeness (QED) is 0.124. The van der Waals surface area contributed by atoms with E-state index in [9.17, 15) is 8.78 Å². The van der Waals surface area contributed by atoms with Gasteiger partial charge in [0.2, 0.25) is 0 Å². The molecule has 16 heteroatoms. The summed E-state index contributed by atoms with van der Waals surface area (Å²) in [6, 6.07) is 6.04. The zero-order valence-corrected chi connectivity index (χ0v) is 27.3. The molecular weight excluding hydrogens is 661 g/mol. The molecule has 48 heavy (non-hydrogen) atoms. The van der Waals surface area contributed by atoms with Crippen LogP contribution in [-0.4, -0.2) is 50.3 Å². The van der Waals surface area contributed by atoms with Crippen LogP contribution in [0.2, 0.25) is 10.3 Å². The van der Waals surface area contributed by atoms with Crippen LogP contribution in [0.4, 0.5) is 32.1 Å². The van der Waals surface area contributed by atoms with Crippen molar-refractivity contribution in [3.8, 4) is 0 Å². The number of hydrogen-bond acceptors (Lipinski definition) is 10. The smallest absolute Gasteiger partial charge is 0.183 e. The third kappa shape index (κ3) is 7.44. The third-order valence-electron chi connectivity index (χ3n) is 8.62. The number of anilines is 4. The van der Waals surface area contributed by atoms with Crippen LogP contribution >= 0.6 is 23.2 Å². The minimum atomic E-state index is -0.421. The molecule has 0 aromatic carbocycles. The van der Waals surface area contributed by atoms with E-state index in [-0.39, 0.29) is 0 Å². The summed E-state index contributed by atoms with van der Waals surface area (Å²) in [5.74, 6) is 3.55. The van der Waals surface area contributed by atoms with Gasteiger partial charge in [0.1, 0.15) is 56.9 Å². The van der Waals surface area contributed by atoms with E-state index in [0.717, 1.165) is 49.7 Å². The van der Waals surface area contributed by atoms with Crippen LogP contribution in [0.1, 0.15) is 87.7 Å². The Morgan fingerprint density at radius 1 is 0.583 bits per heavy atom. The van der Waals surface area contributed by atoms with Crippen molar-refractivity contribution >= 4 is 68.5 Å². The van der Waals surface area contributed by atoms with E-state index in [0.29, 0.717) is 67.5 Å². The second-order valence-corrected chi connectivity index (χ2v) is 12.8. The molecule has 6 aromatic rings. The number of hydrogen-bond donors (Lipinski definition) is 4. The van der Waals surface area contributed by atoms with Crippen LogP contribution in [0.3, 0.4) is 0 Å². The number of aromatic nitrogens is 10. The summed E-state index contributed by atoms with van der Waals surface area (Å²) in [6.07, 6.45) is 13.9. The molecule has 6 aromatic heterocycles. The lowest BCUT2D eigenvalue weighted by Crippen LogP contribution is -2.10. The molecule has 0 spiro atoms. The lowest BCUT2D eigenvalue weighted by Gasteiger charge is -2.20. The van der Waals surface area contributed by atoms with Crippen molar-refractivity contribution in [1.82, 2.24) is 50.3 Å². The van der Waals surface area contributed by atoms with E-state index >= 15 is 0 Å². The molecule has 0 aliphatic heterocycles. The van der Waals surface area contributed by atoms with Crippen molar-refractivity contribution in [3.05, 3.63) is 70.2 Å². The Bertz CT molecular complexity index is 1890. The lowest BCUT2D eigenvalue weighted by molar-refractivity contribution is 0.429. The van der Waals surface area contributed by atoms with Crippen LogP contribution in [0, 0.1) is 11.6 Å². The van der Waals surface area contributed by atoms with E-state index in [2.05, 4.69) is 60.9 Å². The Hall–Kier alpha value is -4.56. The fourth-order valence-corrected chi connectivity index (χ4v) is 6.66. The minimum absolute atomic E-state index is 0.343. The van der Waals surface area contributed by atoms with Crippen molar-refractivity contribution in [1.29, 1.82) is 0 Å². The summed E-state index contributed by atoms with van der Waals surface area (Å²) < 4.78 is 26.9. The first-order valence-corrected chi connectivity index (χ1v) is 16.8. The van der Waals surface area contributed by atoms with E-state index in [1.807, 2.05) is 0 Å². The highest BCUT2D eigenvalue weighted by Gasteiger charge is 2.21. The van der Waals surface area contributed by atoms with Gasteiger partial charge in [-0.25, -0.2) is 38.7 Å². The first-order valence-electron chi connectivity index (χ1n) is 16.0. The largest absolute Gasteiger partial charge is 0.325 e. The van der Waals surface area contributed by atoms with E-state index < -0.39 is 11.6 Å². The summed E-state index contributed by atoms with van der Waals surface area (Å²) in [5.41, 5.74) is 0.873. The highest BCUT2D eigenvalue weighted by Crippen LogP contribution is 2.34. The van der Waals surface area contributed by atoms with Crippen LogP contribution in [-0.2, 0) is 0 Å². The van der Waals surface area contributed by atoms with Crippen LogP contribution in [0.5, 0.6) is 0 Å². The Labute approximate surface area is 283 Å². The number of halogens is 4. The van der Waals surface area contributed by atoms with Crippen LogP contribution in [0.15, 0.2) is 36.7 Å². The Morgan fingerprint density at radius 3 is 1.42 bits per heavy atom. The van der Waals surface area contributed by atoms with Crippen molar-refractivity contribution in [2.75, 3.05) is 10.6 Å². The van der Waals surface area contributed by atoms with Crippen molar-refractivity contribution < 1.29 is 8.78 Å². The van der Waals surface area contributed by atoms with E-state index in [1.165, 1.54) is 50.7 Å². The van der Waals surface area contributed by atoms with Gasteiger partial charge in [0.05, 0.1) is 23.2 Å². The predicted octanol–water partition coefficient (Wildman–Crippen LogP) is 8.66. The summed E-state index contributed by atoms with van der Waals surface area (Å²) in [7, 11) is 0. The summed E-state index contributed by atoms with van der Waals surface area (Å²) in [6.45, 7) is 0. The maximum Gasteiger partial charge on any atom is 0.183 e. The highest BCUT2D eigenvalue weighted by atomic mass is 35.5. The zero-order chi connectivity index (χ0) is 33.0. The molecule has 2 aliphatic carbocycles. The number of nitrogens with one attached hydrogen (secondary N) is 4. The molecule has 248 valence electrons. The highest BCUT2D eigenvalue weighted by molar-refractivity contribution is 6.30. The maximum absolute atomic E-state index is 13.4. The van der Waals surface area contributed by atoms with Gasteiger partial charge in [0.15, 0.2) is 11.3 Å². The molecule has 0 atom stereocenters. The normalized spacial score (nSPS) is 15.8. The molecular formula is C32H32Cl2F2N12. The number of aromatic amines is 2. The average molecular weight is 694 g/mol. The van der Waals surface area contributed by atoms with Gasteiger partial charge in [0.25, 0.3) is 0 Å². The molecule has 0 unspecified atom stereocenters. The monoisotopic (exact) mass is 692 g/mol. The molecule has 8 rings (SSSR count). The maximum atomic E-state index is 13.4. The number of nitrogens with zero attached hydrogens (tertiary/aromatic N) is 8. The van der Waals surface area contributed by atoms with Gasteiger partial charge in [-0.2, -0.15) is 10.2 Å². The van der Waals surface area contributed by atoms with Crippen molar-refractivity contribution in [2.24, 2.45) is 0 Å². The standard InChI is InChI=1S/2C16H16ClFN6/c2*17-12-7-13(21-14(20-12)9-4-2-1-3-5-9)22-16-11-6-10(18)8-19-15(11)23-24-16/h2*6-9H,1-5H2,(H2,19,20,21,22,23,24). The molecule has 4 N–H and O–H groups in total. The molecule has 2 aliphatic rings. The molecule has 2 fully saturated rings. The van der Waals surface area contributed by atoms with Gasteiger partial charge in [-0.05, 0) is 37.8 Å². The number of fused-ring (bicyclic) bond motifs is 2. The molecule has 0 bridgehead atoms. The molecule has 12 nitrogen and oxygen atoms in total. The third-order valence-corrected chi connectivity index (χ3v) is 9.01. The predicted molar refractivity (Wildman–Crippen MR) is 180 cm³/mol. The number of rotatable bonds is 6. The summed E-state index contributed by atoms with van der Waals surface area (Å²) >= 11 is 12.3. The first-order chi connectivity index (χ1) is 23.4. The minimum Gasteiger partial charge on any atom is -0.325 e. The fourth-order valence-electron chi connectivity index (χ4n) is 6.28. The van der Waals surface area contributed by atoms with E-state index in [1.54, 1.807) is 12.1 Å². The zero-order valence-electron chi connectivity index (χ0n) is 25.8. The van der Waals surface area contributed by atoms with Gasteiger partial charge in [-0.3, -0.25) is 10.2 Å². The van der Waals surface area contributed by atoms with Crippen molar-refractivity contribution in [3.63, 3.8) is 0 Å². The Morgan fingerprint density at radius 2 is 1.00 bits per heavy atom. The van der Waals surface area contributed by atoms with Crippen LogP contribution in [0.25, 0.3) is 22.1 Å². The summed E-state index contributed by atoms with van der Waals surface area (Å²) in [4.78, 5) is 25.8. The molecule has 0 saturated heterocycles.